The van der Waals surface area contributed by atoms with Crippen LogP contribution < -0.4 is 0 Å². The third-order valence-corrected chi connectivity index (χ3v) is 4.66. The molecular weight excluding hydrogens is 356 g/mol. The maximum Gasteiger partial charge on any atom is 0.187 e. The van der Waals surface area contributed by atoms with Crippen molar-refractivity contribution in [2.75, 3.05) is 19.5 Å². The predicted octanol–water partition coefficient (Wildman–Crippen LogP) is -2.36. The van der Waals surface area contributed by atoms with Crippen LogP contribution in [0.25, 0.3) is 0 Å². The Bertz CT molecular complexity index is 369. The molecule has 25 heavy (non-hydrogen) atoms. The van der Waals surface area contributed by atoms with Crippen LogP contribution in [-0.2, 0) is 14.2 Å². The molecule has 0 aliphatic carbocycles. The number of hydrogen-bond donors (Lipinski definition) is 7. The molecule has 10 heteroatoms. The standard InChI is InChI=1S/C15H30O9S/c1-3-4-7(17)10(18)14(8(5-16)22-2)24-15-13(21)12(20)11(19)9(6-25)23-15/h7-21,25H,3-6H2,1-2H3/t7-,8?,9?,10?,11?,12?,13?,14?,15?/m1/s1. The first-order valence-corrected chi connectivity index (χ1v) is 8.91. The van der Waals surface area contributed by atoms with E-state index in [2.05, 4.69) is 12.6 Å². The molecule has 0 aromatic rings. The molecule has 1 rings (SSSR count). The molecule has 1 aliphatic rings. The van der Waals surface area contributed by atoms with E-state index in [1.165, 1.54) is 7.11 Å². The van der Waals surface area contributed by atoms with Gasteiger partial charge in [-0.25, -0.2) is 0 Å². The van der Waals surface area contributed by atoms with Crippen LogP contribution in [0.3, 0.4) is 0 Å². The first kappa shape index (κ1) is 23.0. The Morgan fingerprint density at radius 3 is 2.24 bits per heavy atom. The highest BCUT2D eigenvalue weighted by Gasteiger charge is 2.46. The Hall–Kier alpha value is -0.0100. The number of aliphatic hydroxyl groups is 6. The quantitative estimate of drug-likeness (QED) is 0.205. The lowest BCUT2D eigenvalue weighted by atomic mass is 9.98. The number of hydrogen-bond acceptors (Lipinski definition) is 10. The van der Waals surface area contributed by atoms with Gasteiger partial charge in [0, 0.05) is 12.9 Å². The smallest absolute Gasteiger partial charge is 0.187 e. The Labute approximate surface area is 152 Å². The summed E-state index contributed by atoms with van der Waals surface area (Å²) in [5.41, 5.74) is 0. The third kappa shape index (κ3) is 5.73. The number of rotatable bonds is 10. The van der Waals surface area contributed by atoms with E-state index >= 15 is 0 Å². The zero-order valence-electron chi connectivity index (χ0n) is 14.4. The molecule has 1 aliphatic heterocycles. The van der Waals surface area contributed by atoms with Crippen molar-refractivity contribution in [2.24, 2.45) is 0 Å². The SMILES string of the molecule is CCC[C@@H](O)C(O)C(OC1OC(CS)C(O)C(O)C1O)C(CO)OC. The normalized spacial score (nSPS) is 35.2. The summed E-state index contributed by atoms with van der Waals surface area (Å²) < 4.78 is 16.0. The molecule has 1 saturated heterocycles. The van der Waals surface area contributed by atoms with E-state index in [9.17, 15) is 30.6 Å². The van der Waals surface area contributed by atoms with Crippen molar-refractivity contribution in [3.8, 4) is 0 Å². The second kappa shape index (κ2) is 11.0. The van der Waals surface area contributed by atoms with Crippen LogP contribution in [0.4, 0.5) is 0 Å². The van der Waals surface area contributed by atoms with Gasteiger partial charge in [0.2, 0.25) is 0 Å². The predicted molar refractivity (Wildman–Crippen MR) is 90.2 cm³/mol. The van der Waals surface area contributed by atoms with E-state index in [4.69, 9.17) is 14.2 Å². The van der Waals surface area contributed by atoms with Crippen molar-refractivity contribution in [1.82, 2.24) is 0 Å². The Balaban J connectivity index is 2.95. The van der Waals surface area contributed by atoms with Gasteiger partial charge in [-0.2, -0.15) is 12.6 Å². The monoisotopic (exact) mass is 386 g/mol. The second-order valence-corrected chi connectivity index (χ2v) is 6.47. The molecule has 0 amide bonds. The lowest BCUT2D eigenvalue weighted by Crippen LogP contribution is -2.61. The molecule has 0 radical (unpaired) electrons. The Morgan fingerprint density at radius 2 is 1.76 bits per heavy atom. The summed E-state index contributed by atoms with van der Waals surface area (Å²) >= 11 is 4.02. The van der Waals surface area contributed by atoms with E-state index in [1.807, 2.05) is 6.92 Å². The molecule has 0 bridgehead atoms. The molecular formula is C15H30O9S. The molecule has 9 nitrogen and oxygen atoms in total. The largest absolute Gasteiger partial charge is 0.394 e. The molecule has 6 N–H and O–H groups in total. The first-order chi connectivity index (χ1) is 11.8. The van der Waals surface area contributed by atoms with Gasteiger partial charge in [-0.05, 0) is 6.42 Å². The highest BCUT2D eigenvalue weighted by molar-refractivity contribution is 7.80. The van der Waals surface area contributed by atoms with E-state index in [1.54, 1.807) is 0 Å². The average molecular weight is 386 g/mol. The summed E-state index contributed by atoms with van der Waals surface area (Å²) in [6.07, 6.45) is -10.7. The summed E-state index contributed by atoms with van der Waals surface area (Å²) in [6.45, 7) is 1.32. The fraction of sp³-hybridized carbons (Fsp3) is 1.00. The minimum Gasteiger partial charge on any atom is -0.394 e. The van der Waals surface area contributed by atoms with Crippen LogP contribution in [0, 0.1) is 0 Å². The van der Waals surface area contributed by atoms with E-state index in [0.717, 1.165) is 0 Å². The molecule has 1 fully saturated rings. The van der Waals surface area contributed by atoms with Crippen LogP contribution in [0.15, 0.2) is 0 Å². The average Bonchev–Trinajstić information content (AvgIpc) is 2.61. The van der Waals surface area contributed by atoms with Crippen LogP contribution in [0.5, 0.6) is 0 Å². The highest BCUT2D eigenvalue weighted by Crippen LogP contribution is 2.26. The third-order valence-electron chi connectivity index (χ3n) is 4.30. The van der Waals surface area contributed by atoms with E-state index < -0.39 is 61.7 Å². The Kier molecular flexibility index (Phi) is 10.1. The topological polar surface area (TPSA) is 149 Å². The summed E-state index contributed by atoms with van der Waals surface area (Å²) in [5, 5.41) is 59.7. The van der Waals surface area contributed by atoms with Gasteiger partial charge in [0.15, 0.2) is 6.29 Å². The van der Waals surface area contributed by atoms with Gasteiger partial charge < -0.3 is 44.8 Å². The molecule has 1 heterocycles. The van der Waals surface area contributed by atoms with Crippen molar-refractivity contribution in [3.05, 3.63) is 0 Å². The molecule has 0 saturated carbocycles. The van der Waals surface area contributed by atoms with Crippen molar-refractivity contribution in [3.63, 3.8) is 0 Å². The van der Waals surface area contributed by atoms with Gasteiger partial charge in [-0.3, -0.25) is 0 Å². The van der Waals surface area contributed by atoms with E-state index in [-0.39, 0.29) is 12.2 Å². The minimum atomic E-state index is -1.60. The molecule has 8 unspecified atom stereocenters. The van der Waals surface area contributed by atoms with Gasteiger partial charge in [0.1, 0.15) is 36.6 Å². The molecule has 0 aromatic heterocycles. The number of ether oxygens (including phenoxy) is 3. The van der Waals surface area contributed by atoms with Crippen LogP contribution >= 0.6 is 12.6 Å². The lowest BCUT2D eigenvalue weighted by molar-refractivity contribution is -0.321. The van der Waals surface area contributed by atoms with Crippen molar-refractivity contribution in [1.29, 1.82) is 0 Å². The van der Waals surface area contributed by atoms with Gasteiger partial charge in [-0.15, -0.1) is 0 Å². The number of thiol groups is 1. The summed E-state index contributed by atoms with van der Waals surface area (Å²) in [5.74, 6) is 0.0597. The lowest BCUT2D eigenvalue weighted by Gasteiger charge is -2.42. The maximum absolute atomic E-state index is 10.4. The van der Waals surface area contributed by atoms with Gasteiger partial charge in [0.05, 0.1) is 18.8 Å². The first-order valence-electron chi connectivity index (χ1n) is 8.28. The van der Waals surface area contributed by atoms with Crippen LogP contribution in [-0.4, -0.2) is 105 Å². The molecule has 9 atom stereocenters. The summed E-state index contributed by atoms with van der Waals surface area (Å²) in [7, 11) is 1.30. The summed E-state index contributed by atoms with van der Waals surface area (Å²) in [4.78, 5) is 0. The van der Waals surface area contributed by atoms with Crippen LogP contribution in [0.1, 0.15) is 19.8 Å². The maximum atomic E-state index is 10.4. The zero-order chi connectivity index (χ0) is 19.1. The second-order valence-electron chi connectivity index (χ2n) is 6.10. The van der Waals surface area contributed by atoms with Crippen LogP contribution in [0.2, 0.25) is 0 Å². The highest BCUT2D eigenvalue weighted by atomic mass is 32.1. The summed E-state index contributed by atoms with van der Waals surface area (Å²) in [6, 6.07) is 0. The van der Waals surface area contributed by atoms with E-state index in [0.29, 0.717) is 6.42 Å². The fourth-order valence-electron chi connectivity index (χ4n) is 2.72. The number of aliphatic hydroxyl groups excluding tert-OH is 6. The van der Waals surface area contributed by atoms with Crippen molar-refractivity contribution in [2.45, 2.75) is 74.9 Å². The Morgan fingerprint density at radius 1 is 1.12 bits per heavy atom. The zero-order valence-corrected chi connectivity index (χ0v) is 15.3. The molecule has 0 aromatic carbocycles. The fourth-order valence-corrected chi connectivity index (χ4v) is 3.02. The number of methoxy groups -OCH3 is 1. The molecule has 150 valence electrons. The van der Waals surface area contributed by atoms with Crippen molar-refractivity contribution >= 4 is 12.6 Å². The van der Waals surface area contributed by atoms with Gasteiger partial charge in [0.25, 0.3) is 0 Å². The van der Waals surface area contributed by atoms with Gasteiger partial charge in [-0.1, -0.05) is 13.3 Å². The molecule has 0 spiro atoms. The van der Waals surface area contributed by atoms with Crippen molar-refractivity contribution < 1.29 is 44.8 Å². The minimum absolute atomic E-state index is 0.0597. The van der Waals surface area contributed by atoms with Gasteiger partial charge >= 0.3 is 0 Å².